The smallest absolute Gasteiger partial charge is 0.0992 e. The maximum absolute atomic E-state index is 8.95. The molecular formula is C13H14BrN3O. The van der Waals surface area contributed by atoms with E-state index in [0.29, 0.717) is 11.5 Å². The van der Waals surface area contributed by atoms with Gasteiger partial charge >= 0.3 is 0 Å². The van der Waals surface area contributed by atoms with Crippen LogP contribution >= 0.6 is 15.9 Å². The van der Waals surface area contributed by atoms with Crippen molar-refractivity contribution in [2.45, 2.75) is 24.6 Å². The largest absolute Gasteiger partial charge is 0.378 e. The second-order valence-corrected chi connectivity index (χ2v) is 5.79. The first-order valence-corrected chi connectivity index (χ1v) is 6.83. The van der Waals surface area contributed by atoms with Gasteiger partial charge in [0.15, 0.2) is 0 Å². The molecule has 0 bridgehead atoms. The van der Waals surface area contributed by atoms with Crippen LogP contribution in [-0.4, -0.2) is 24.8 Å². The molecule has 18 heavy (non-hydrogen) atoms. The molecule has 1 aromatic rings. The Morgan fingerprint density at radius 3 is 3.06 bits per heavy atom. The number of nitrogens with one attached hydrogen (secondary N) is 1. The molecule has 1 aliphatic heterocycles. The van der Waals surface area contributed by atoms with Crippen LogP contribution in [0.2, 0.25) is 0 Å². The maximum Gasteiger partial charge on any atom is 0.0992 e. The summed E-state index contributed by atoms with van der Waals surface area (Å²) in [5.41, 5.74) is 7.69. The molecule has 4 nitrogen and oxygen atoms in total. The van der Waals surface area contributed by atoms with E-state index < -0.39 is 0 Å². The number of hydrogen-bond donors (Lipinski definition) is 2. The zero-order valence-electron chi connectivity index (χ0n) is 9.77. The standard InChI is InChI=1S/C13H14BrN3O/c14-8-3-7(6-15)4-9(5-8)17-12-11(16)10-1-2-18-13(10)12/h3-5,10-13,17H,1-2,16H2. The molecule has 4 atom stereocenters. The predicted octanol–water partition coefficient (Wildman–Crippen LogP) is 1.85. The normalized spacial score (nSPS) is 33.4. The number of ether oxygens (including phenoxy) is 1. The van der Waals surface area contributed by atoms with Crippen LogP contribution in [-0.2, 0) is 4.74 Å². The summed E-state index contributed by atoms with van der Waals surface area (Å²) < 4.78 is 6.56. The third kappa shape index (κ3) is 1.91. The van der Waals surface area contributed by atoms with Crippen molar-refractivity contribution >= 4 is 21.6 Å². The highest BCUT2D eigenvalue weighted by Crippen LogP contribution is 2.39. The van der Waals surface area contributed by atoms with Gasteiger partial charge in [0.05, 0.1) is 23.8 Å². The minimum atomic E-state index is 0.141. The van der Waals surface area contributed by atoms with Gasteiger partial charge in [0, 0.05) is 28.7 Å². The van der Waals surface area contributed by atoms with E-state index in [-0.39, 0.29) is 18.2 Å². The number of halogens is 1. The summed E-state index contributed by atoms with van der Waals surface area (Å²) >= 11 is 3.40. The number of nitrogens with zero attached hydrogens (tertiary/aromatic N) is 1. The van der Waals surface area contributed by atoms with Gasteiger partial charge < -0.3 is 15.8 Å². The lowest BCUT2D eigenvalue weighted by atomic mass is 9.72. The Bertz CT molecular complexity index is 513. The maximum atomic E-state index is 8.95. The number of anilines is 1. The molecule has 4 unspecified atom stereocenters. The summed E-state index contributed by atoms with van der Waals surface area (Å²) in [6.45, 7) is 0.809. The summed E-state index contributed by atoms with van der Waals surface area (Å²) in [5.74, 6) is 0.491. The van der Waals surface area contributed by atoms with Crippen LogP contribution in [0.25, 0.3) is 0 Å². The van der Waals surface area contributed by atoms with Crippen LogP contribution in [0.4, 0.5) is 5.69 Å². The molecule has 0 aromatic heterocycles. The fourth-order valence-corrected chi connectivity index (χ4v) is 3.35. The first kappa shape index (κ1) is 12.0. The Kier molecular flexibility index (Phi) is 3.02. The van der Waals surface area contributed by atoms with E-state index >= 15 is 0 Å². The molecule has 3 rings (SSSR count). The van der Waals surface area contributed by atoms with Crippen molar-refractivity contribution in [3.63, 3.8) is 0 Å². The van der Waals surface area contributed by atoms with E-state index in [1.807, 2.05) is 12.1 Å². The summed E-state index contributed by atoms with van der Waals surface area (Å²) in [4.78, 5) is 0. The van der Waals surface area contributed by atoms with Crippen LogP contribution < -0.4 is 11.1 Å². The minimum absolute atomic E-state index is 0.141. The van der Waals surface area contributed by atoms with Crippen molar-refractivity contribution in [3.05, 3.63) is 28.2 Å². The quantitative estimate of drug-likeness (QED) is 0.874. The molecule has 1 heterocycles. The van der Waals surface area contributed by atoms with Gasteiger partial charge in [-0.2, -0.15) is 5.26 Å². The van der Waals surface area contributed by atoms with Gasteiger partial charge in [-0.3, -0.25) is 0 Å². The lowest BCUT2D eigenvalue weighted by molar-refractivity contribution is 0.00537. The van der Waals surface area contributed by atoms with E-state index in [9.17, 15) is 0 Å². The number of nitrogens with two attached hydrogens (primary N) is 1. The summed E-state index contributed by atoms with van der Waals surface area (Å²) in [6, 6.07) is 8.01. The second-order valence-electron chi connectivity index (χ2n) is 4.88. The summed E-state index contributed by atoms with van der Waals surface area (Å²) in [5, 5.41) is 12.3. The van der Waals surface area contributed by atoms with Crippen LogP contribution in [0.1, 0.15) is 12.0 Å². The van der Waals surface area contributed by atoms with Gasteiger partial charge in [-0.05, 0) is 24.6 Å². The van der Waals surface area contributed by atoms with Crippen molar-refractivity contribution in [1.29, 1.82) is 5.26 Å². The molecule has 2 fully saturated rings. The van der Waals surface area contributed by atoms with Crippen LogP contribution in [0, 0.1) is 17.2 Å². The van der Waals surface area contributed by atoms with Crippen molar-refractivity contribution in [2.75, 3.05) is 11.9 Å². The van der Waals surface area contributed by atoms with E-state index in [0.717, 1.165) is 23.2 Å². The van der Waals surface area contributed by atoms with Gasteiger partial charge in [0.2, 0.25) is 0 Å². The number of benzene rings is 1. The van der Waals surface area contributed by atoms with E-state index in [1.54, 1.807) is 6.07 Å². The molecular weight excluding hydrogens is 294 g/mol. The average Bonchev–Trinajstić information content (AvgIpc) is 2.80. The van der Waals surface area contributed by atoms with Crippen LogP contribution in [0.3, 0.4) is 0 Å². The molecule has 2 aliphatic rings. The molecule has 1 saturated carbocycles. The molecule has 94 valence electrons. The number of rotatable bonds is 2. The first-order chi connectivity index (χ1) is 8.69. The van der Waals surface area contributed by atoms with Crippen LogP contribution in [0.5, 0.6) is 0 Å². The summed E-state index contributed by atoms with van der Waals surface area (Å²) in [6.07, 6.45) is 1.29. The zero-order chi connectivity index (χ0) is 12.7. The Hall–Kier alpha value is -1.09. The third-order valence-electron chi connectivity index (χ3n) is 3.81. The molecule has 1 aliphatic carbocycles. The number of nitriles is 1. The van der Waals surface area contributed by atoms with E-state index in [2.05, 4.69) is 27.3 Å². The van der Waals surface area contributed by atoms with Gasteiger partial charge in [0.1, 0.15) is 0 Å². The monoisotopic (exact) mass is 307 g/mol. The van der Waals surface area contributed by atoms with Crippen LogP contribution in [0.15, 0.2) is 22.7 Å². The molecule has 0 spiro atoms. The average molecular weight is 308 g/mol. The Labute approximate surface area is 114 Å². The highest BCUT2D eigenvalue weighted by Gasteiger charge is 2.52. The Balaban J connectivity index is 1.77. The molecule has 0 radical (unpaired) electrons. The van der Waals surface area contributed by atoms with Gasteiger partial charge in [-0.1, -0.05) is 15.9 Å². The highest BCUT2D eigenvalue weighted by molar-refractivity contribution is 9.10. The number of fused-ring (bicyclic) bond motifs is 1. The van der Waals surface area contributed by atoms with E-state index in [4.69, 9.17) is 15.7 Å². The predicted molar refractivity (Wildman–Crippen MR) is 72.1 cm³/mol. The zero-order valence-corrected chi connectivity index (χ0v) is 11.4. The van der Waals surface area contributed by atoms with Crippen molar-refractivity contribution in [1.82, 2.24) is 0 Å². The van der Waals surface area contributed by atoms with Crippen molar-refractivity contribution < 1.29 is 4.74 Å². The fourth-order valence-electron chi connectivity index (χ4n) is 2.86. The Morgan fingerprint density at radius 2 is 2.28 bits per heavy atom. The van der Waals surface area contributed by atoms with Crippen molar-refractivity contribution in [3.8, 4) is 6.07 Å². The second kappa shape index (κ2) is 4.54. The van der Waals surface area contributed by atoms with E-state index in [1.165, 1.54) is 0 Å². The summed E-state index contributed by atoms with van der Waals surface area (Å²) in [7, 11) is 0. The van der Waals surface area contributed by atoms with Gasteiger partial charge in [-0.15, -0.1) is 0 Å². The lowest BCUT2D eigenvalue weighted by Crippen LogP contribution is -2.65. The lowest BCUT2D eigenvalue weighted by Gasteiger charge is -2.46. The molecule has 0 amide bonds. The topological polar surface area (TPSA) is 71.1 Å². The first-order valence-electron chi connectivity index (χ1n) is 6.03. The SMILES string of the molecule is N#Cc1cc(Br)cc(NC2C(N)C3CCOC32)c1. The molecule has 1 saturated heterocycles. The van der Waals surface area contributed by atoms with Crippen molar-refractivity contribution in [2.24, 2.45) is 11.7 Å². The molecule has 5 heteroatoms. The Morgan fingerprint density at radius 1 is 1.44 bits per heavy atom. The van der Waals surface area contributed by atoms with Gasteiger partial charge in [-0.25, -0.2) is 0 Å². The number of hydrogen-bond acceptors (Lipinski definition) is 4. The minimum Gasteiger partial charge on any atom is -0.378 e. The molecule has 1 aromatic carbocycles. The third-order valence-corrected chi connectivity index (χ3v) is 4.26. The van der Waals surface area contributed by atoms with Gasteiger partial charge in [0.25, 0.3) is 0 Å². The highest BCUT2D eigenvalue weighted by atomic mass is 79.9. The molecule has 3 N–H and O–H groups in total. The fraction of sp³-hybridized carbons (Fsp3) is 0.462.